The third-order valence-electron chi connectivity index (χ3n) is 2.28. The van der Waals surface area contributed by atoms with E-state index in [9.17, 15) is 13.2 Å². The zero-order valence-corrected chi connectivity index (χ0v) is 14.0. The highest BCUT2D eigenvalue weighted by molar-refractivity contribution is 9.10. The number of sulfone groups is 1. The number of nitrogens with two attached hydrogens (primary N) is 1. The highest BCUT2D eigenvalue weighted by Crippen LogP contribution is 2.25. The maximum Gasteiger partial charge on any atom is 0.321 e. The molecule has 1 aromatic carbocycles. The first-order valence-corrected chi connectivity index (χ1v) is 8.57. The van der Waals surface area contributed by atoms with Crippen molar-refractivity contribution in [1.82, 2.24) is 0 Å². The van der Waals surface area contributed by atoms with Gasteiger partial charge in [0.05, 0.1) is 5.75 Å². The van der Waals surface area contributed by atoms with Crippen LogP contribution < -0.4 is 5.73 Å². The molecule has 112 valence electrons. The van der Waals surface area contributed by atoms with Crippen LogP contribution in [0, 0.1) is 0 Å². The molecule has 7 heteroatoms. The van der Waals surface area contributed by atoms with Gasteiger partial charge in [0.25, 0.3) is 0 Å². The summed E-state index contributed by atoms with van der Waals surface area (Å²) >= 11 is 3.25. The lowest BCUT2D eigenvalue weighted by Gasteiger charge is -2.19. The van der Waals surface area contributed by atoms with Crippen LogP contribution in [0.2, 0.25) is 0 Å². The number of esters is 1. The Morgan fingerprint density at radius 2 is 1.95 bits per heavy atom. The predicted octanol–water partition coefficient (Wildman–Crippen LogP) is 2.29. The number of rotatable bonds is 4. The largest absolute Gasteiger partial charge is 0.459 e. The van der Waals surface area contributed by atoms with E-state index in [1.807, 2.05) is 0 Å². The lowest BCUT2D eigenvalue weighted by molar-refractivity contribution is -0.151. The minimum absolute atomic E-state index is 0.306. The number of halogens is 1. The summed E-state index contributed by atoms with van der Waals surface area (Å²) in [5.41, 5.74) is 5.86. The van der Waals surface area contributed by atoms with Crippen molar-refractivity contribution in [1.29, 1.82) is 0 Å². The van der Waals surface area contributed by atoms with Gasteiger partial charge in [0.15, 0.2) is 9.84 Å². The molecule has 20 heavy (non-hydrogen) atoms. The lowest BCUT2D eigenvalue weighted by atomic mass is 10.2. The van der Waals surface area contributed by atoms with Gasteiger partial charge in [-0.2, -0.15) is 0 Å². The van der Waals surface area contributed by atoms with Crippen LogP contribution in [-0.2, 0) is 25.1 Å². The van der Waals surface area contributed by atoms with Crippen molar-refractivity contribution < 1.29 is 17.9 Å². The smallest absolute Gasteiger partial charge is 0.321 e. The Morgan fingerprint density at radius 3 is 2.45 bits per heavy atom. The zero-order chi connectivity index (χ0) is 15.6. The number of benzene rings is 1. The van der Waals surface area contributed by atoms with Gasteiger partial charge in [-0.25, -0.2) is 8.42 Å². The van der Waals surface area contributed by atoms with Crippen LogP contribution in [-0.4, -0.2) is 25.7 Å². The Morgan fingerprint density at radius 1 is 1.35 bits per heavy atom. The van der Waals surface area contributed by atoms with Gasteiger partial charge in [-0.1, -0.05) is 22.0 Å². The van der Waals surface area contributed by atoms with Crippen molar-refractivity contribution in [2.24, 2.45) is 0 Å². The van der Waals surface area contributed by atoms with Crippen LogP contribution in [0.4, 0.5) is 5.69 Å². The third-order valence-corrected chi connectivity index (χ3v) is 4.42. The summed E-state index contributed by atoms with van der Waals surface area (Å²) in [5.74, 6) is -1.73. The molecule has 2 N–H and O–H groups in total. The van der Waals surface area contributed by atoms with Gasteiger partial charge in [0.2, 0.25) is 0 Å². The molecule has 0 unspecified atom stereocenters. The fourth-order valence-electron chi connectivity index (χ4n) is 1.55. The third kappa shape index (κ3) is 5.50. The lowest BCUT2D eigenvalue weighted by Crippen LogP contribution is -2.29. The average molecular weight is 364 g/mol. The molecule has 0 aromatic heterocycles. The first-order chi connectivity index (χ1) is 9.00. The molecule has 0 fully saturated rings. The topological polar surface area (TPSA) is 86.5 Å². The Bertz CT molecular complexity index is 585. The minimum Gasteiger partial charge on any atom is -0.459 e. The first kappa shape index (κ1) is 17.0. The molecule has 0 atom stereocenters. The Labute approximate surface area is 127 Å². The molecule has 0 aliphatic rings. The van der Waals surface area contributed by atoms with Crippen molar-refractivity contribution in [2.75, 3.05) is 11.5 Å². The molecular weight excluding hydrogens is 346 g/mol. The number of hydrogen-bond donors (Lipinski definition) is 1. The summed E-state index contributed by atoms with van der Waals surface area (Å²) in [6, 6.07) is 5.03. The van der Waals surface area contributed by atoms with Crippen LogP contribution in [0.15, 0.2) is 22.7 Å². The fraction of sp³-hybridized carbons (Fsp3) is 0.462. The summed E-state index contributed by atoms with van der Waals surface area (Å²) in [6.45, 7) is 5.05. The molecular formula is C13H18BrNO4S. The van der Waals surface area contributed by atoms with Crippen molar-refractivity contribution in [3.63, 3.8) is 0 Å². The maximum atomic E-state index is 12.0. The van der Waals surface area contributed by atoms with E-state index in [1.54, 1.807) is 39.0 Å². The monoisotopic (exact) mass is 363 g/mol. The Balaban J connectivity index is 2.84. The zero-order valence-electron chi connectivity index (χ0n) is 11.6. The minimum atomic E-state index is -3.64. The number of nitrogen functional groups attached to an aromatic ring is 1. The van der Waals surface area contributed by atoms with Gasteiger partial charge < -0.3 is 10.5 Å². The van der Waals surface area contributed by atoms with Crippen molar-refractivity contribution in [3.05, 3.63) is 28.2 Å². The molecule has 0 saturated carbocycles. The highest BCUT2D eigenvalue weighted by atomic mass is 79.9. The second-order valence-corrected chi connectivity index (χ2v) is 8.35. The van der Waals surface area contributed by atoms with Crippen molar-refractivity contribution in [3.8, 4) is 0 Å². The van der Waals surface area contributed by atoms with Gasteiger partial charge in [-0.3, -0.25) is 4.79 Å². The van der Waals surface area contributed by atoms with Gasteiger partial charge in [-0.05, 0) is 32.9 Å². The van der Waals surface area contributed by atoms with Crippen LogP contribution in [0.1, 0.15) is 26.3 Å². The summed E-state index contributed by atoms with van der Waals surface area (Å²) < 4.78 is 29.7. The van der Waals surface area contributed by atoms with E-state index in [4.69, 9.17) is 10.5 Å². The van der Waals surface area contributed by atoms with E-state index in [-0.39, 0.29) is 5.75 Å². The second kappa shape index (κ2) is 6.13. The molecule has 0 aliphatic carbocycles. The second-order valence-electron chi connectivity index (χ2n) is 5.43. The summed E-state index contributed by atoms with van der Waals surface area (Å²) in [5, 5.41) is 0. The number of carbonyl (C=O) groups is 1. The molecule has 0 amide bonds. The van der Waals surface area contributed by atoms with Gasteiger partial charge in [-0.15, -0.1) is 0 Å². The number of ether oxygens (including phenoxy) is 1. The molecule has 0 saturated heterocycles. The quantitative estimate of drug-likeness (QED) is 0.654. The number of carbonyl (C=O) groups excluding carboxylic acids is 1. The van der Waals surface area contributed by atoms with Crippen LogP contribution >= 0.6 is 15.9 Å². The molecule has 1 aromatic rings. The Kier molecular flexibility index (Phi) is 5.21. The van der Waals surface area contributed by atoms with E-state index >= 15 is 0 Å². The van der Waals surface area contributed by atoms with Crippen molar-refractivity contribution in [2.45, 2.75) is 32.1 Å². The van der Waals surface area contributed by atoms with Gasteiger partial charge in [0, 0.05) is 15.7 Å². The van der Waals surface area contributed by atoms with E-state index < -0.39 is 27.2 Å². The Hall–Kier alpha value is -1.08. The van der Waals surface area contributed by atoms with Crippen LogP contribution in [0.3, 0.4) is 0 Å². The van der Waals surface area contributed by atoms with Crippen LogP contribution in [0.25, 0.3) is 0 Å². The van der Waals surface area contributed by atoms with E-state index in [0.717, 1.165) is 0 Å². The summed E-state index contributed by atoms with van der Waals surface area (Å²) in [7, 11) is -3.64. The average Bonchev–Trinajstić information content (AvgIpc) is 2.19. The SMILES string of the molecule is CC(C)(C)OC(=O)CS(=O)(=O)Cc1c(N)cccc1Br. The molecule has 0 aliphatic heterocycles. The molecule has 5 nitrogen and oxygen atoms in total. The van der Waals surface area contributed by atoms with E-state index in [0.29, 0.717) is 15.7 Å². The number of hydrogen-bond acceptors (Lipinski definition) is 5. The van der Waals surface area contributed by atoms with Crippen molar-refractivity contribution >= 4 is 37.4 Å². The van der Waals surface area contributed by atoms with Crippen LogP contribution in [0.5, 0.6) is 0 Å². The maximum absolute atomic E-state index is 12.0. The fourth-order valence-corrected chi connectivity index (χ4v) is 3.54. The summed E-state index contributed by atoms with van der Waals surface area (Å²) in [6.07, 6.45) is 0. The summed E-state index contributed by atoms with van der Waals surface area (Å²) in [4.78, 5) is 11.6. The molecule has 0 radical (unpaired) electrons. The molecule has 0 heterocycles. The molecule has 0 bridgehead atoms. The number of anilines is 1. The first-order valence-electron chi connectivity index (χ1n) is 5.95. The molecule has 1 rings (SSSR count). The van der Waals surface area contributed by atoms with Gasteiger partial charge in [0.1, 0.15) is 11.4 Å². The van der Waals surface area contributed by atoms with E-state index in [1.165, 1.54) is 0 Å². The predicted molar refractivity (Wildman–Crippen MR) is 81.9 cm³/mol. The highest BCUT2D eigenvalue weighted by Gasteiger charge is 2.24. The van der Waals surface area contributed by atoms with E-state index in [2.05, 4.69) is 15.9 Å². The normalized spacial score (nSPS) is 12.2. The van der Waals surface area contributed by atoms with Gasteiger partial charge >= 0.3 is 5.97 Å². The molecule has 0 spiro atoms. The standard InChI is InChI=1S/C13H18BrNO4S/c1-13(2,3)19-12(16)8-20(17,18)7-9-10(14)5-4-6-11(9)15/h4-6H,7-8,15H2,1-3H3.